The lowest BCUT2D eigenvalue weighted by molar-refractivity contribution is -0.132. The van der Waals surface area contributed by atoms with Crippen LogP contribution < -0.4 is 5.76 Å². The van der Waals surface area contributed by atoms with E-state index >= 15 is 0 Å². The van der Waals surface area contributed by atoms with Gasteiger partial charge in [-0.3, -0.25) is 9.36 Å². The number of benzene rings is 1. The van der Waals surface area contributed by atoms with Crippen molar-refractivity contribution in [2.45, 2.75) is 25.8 Å². The highest BCUT2D eigenvalue weighted by Gasteiger charge is 2.57. The standard InChI is InChI=1S/C17H20N2O3/c1-18(16(20)15-11-5-4-6-12(11)15)9-10-19-13-7-2-3-8-14(13)22-17(19)21/h2-3,7-8,11-12,15H,4-6,9-10H2,1H3/t11-,12+,15?. The molecule has 1 aromatic carbocycles. The number of amides is 1. The van der Waals surface area contributed by atoms with Crippen LogP contribution in [0.3, 0.4) is 0 Å². The van der Waals surface area contributed by atoms with Crippen molar-refractivity contribution in [3.8, 4) is 0 Å². The summed E-state index contributed by atoms with van der Waals surface area (Å²) in [4.78, 5) is 26.1. The third-order valence-corrected chi connectivity index (χ3v) is 5.30. The first kappa shape index (κ1) is 13.6. The van der Waals surface area contributed by atoms with E-state index in [0.29, 0.717) is 30.5 Å². The Balaban J connectivity index is 1.44. The maximum Gasteiger partial charge on any atom is 0.420 e. The van der Waals surface area contributed by atoms with Gasteiger partial charge in [-0.15, -0.1) is 0 Å². The van der Waals surface area contributed by atoms with Gasteiger partial charge in [0.15, 0.2) is 5.58 Å². The minimum Gasteiger partial charge on any atom is -0.408 e. The van der Waals surface area contributed by atoms with Crippen LogP contribution in [0.25, 0.3) is 11.1 Å². The number of hydrogen-bond donors (Lipinski definition) is 0. The molecule has 3 atom stereocenters. The lowest BCUT2D eigenvalue weighted by atomic mass is 10.1. The molecule has 2 fully saturated rings. The molecule has 4 rings (SSSR count). The molecule has 0 saturated heterocycles. The first-order chi connectivity index (χ1) is 10.7. The number of rotatable bonds is 4. The van der Waals surface area contributed by atoms with Crippen LogP contribution in [0.15, 0.2) is 33.5 Å². The van der Waals surface area contributed by atoms with Gasteiger partial charge < -0.3 is 9.32 Å². The fourth-order valence-electron chi connectivity index (χ4n) is 4.03. The summed E-state index contributed by atoms with van der Waals surface area (Å²) >= 11 is 0. The smallest absolute Gasteiger partial charge is 0.408 e. The Hall–Kier alpha value is -2.04. The largest absolute Gasteiger partial charge is 0.420 e. The lowest BCUT2D eigenvalue weighted by Gasteiger charge is -2.18. The molecule has 5 nitrogen and oxygen atoms in total. The lowest BCUT2D eigenvalue weighted by Crippen LogP contribution is -2.33. The maximum absolute atomic E-state index is 12.4. The van der Waals surface area contributed by atoms with Crippen molar-refractivity contribution < 1.29 is 9.21 Å². The molecule has 1 unspecified atom stereocenters. The predicted molar refractivity (Wildman–Crippen MR) is 82.4 cm³/mol. The van der Waals surface area contributed by atoms with Crippen LogP contribution in [0.2, 0.25) is 0 Å². The van der Waals surface area contributed by atoms with Crippen molar-refractivity contribution in [3.63, 3.8) is 0 Å². The van der Waals surface area contributed by atoms with E-state index in [1.807, 2.05) is 25.2 Å². The van der Waals surface area contributed by atoms with Crippen molar-refractivity contribution in [1.29, 1.82) is 0 Å². The molecule has 0 spiro atoms. The van der Waals surface area contributed by atoms with Gasteiger partial charge in [0.25, 0.3) is 0 Å². The Labute approximate surface area is 128 Å². The van der Waals surface area contributed by atoms with Gasteiger partial charge in [-0.25, -0.2) is 4.79 Å². The molecule has 116 valence electrons. The number of hydrogen-bond acceptors (Lipinski definition) is 3. The Morgan fingerprint density at radius 2 is 2.05 bits per heavy atom. The van der Waals surface area contributed by atoms with Gasteiger partial charge in [-0.05, 0) is 36.8 Å². The third-order valence-electron chi connectivity index (χ3n) is 5.30. The van der Waals surface area contributed by atoms with Crippen molar-refractivity contribution in [3.05, 3.63) is 34.8 Å². The summed E-state index contributed by atoms with van der Waals surface area (Å²) in [7, 11) is 1.84. The van der Waals surface area contributed by atoms with E-state index in [2.05, 4.69) is 0 Å². The molecule has 0 radical (unpaired) electrons. The van der Waals surface area contributed by atoms with Crippen LogP contribution in [-0.2, 0) is 11.3 Å². The number of oxazole rings is 1. The average Bonchev–Trinajstić information content (AvgIpc) is 2.86. The second-order valence-electron chi connectivity index (χ2n) is 6.53. The van der Waals surface area contributed by atoms with Gasteiger partial charge in [0.05, 0.1) is 5.52 Å². The van der Waals surface area contributed by atoms with Crippen LogP contribution in [0.1, 0.15) is 19.3 Å². The van der Waals surface area contributed by atoms with Gasteiger partial charge in [-0.1, -0.05) is 18.6 Å². The van der Waals surface area contributed by atoms with Crippen LogP contribution in [0, 0.1) is 17.8 Å². The maximum atomic E-state index is 12.4. The molecule has 1 amide bonds. The number of nitrogens with zero attached hydrogens (tertiary/aromatic N) is 2. The number of carbonyl (C=O) groups is 1. The Morgan fingerprint density at radius 1 is 1.32 bits per heavy atom. The Morgan fingerprint density at radius 3 is 2.82 bits per heavy atom. The van der Waals surface area contributed by atoms with Gasteiger partial charge in [0.1, 0.15) is 0 Å². The van der Waals surface area contributed by atoms with E-state index in [4.69, 9.17) is 4.42 Å². The molecular formula is C17H20N2O3. The Bertz CT molecular complexity index is 766. The first-order valence-corrected chi connectivity index (χ1v) is 8.00. The van der Waals surface area contributed by atoms with E-state index in [-0.39, 0.29) is 17.6 Å². The normalized spacial score (nSPS) is 26.1. The number of likely N-dealkylation sites (N-methyl/N-ethyl adjacent to an activating group) is 1. The van der Waals surface area contributed by atoms with Gasteiger partial charge >= 0.3 is 5.76 Å². The average molecular weight is 300 g/mol. The summed E-state index contributed by atoms with van der Waals surface area (Å²) in [5, 5.41) is 0. The summed E-state index contributed by atoms with van der Waals surface area (Å²) in [5.41, 5.74) is 1.38. The zero-order valence-electron chi connectivity index (χ0n) is 12.7. The highest BCUT2D eigenvalue weighted by atomic mass is 16.4. The second kappa shape index (κ2) is 5.00. The molecule has 2 aromatic rings. The van der Waals surface area contributed by atoms with E-state index in [9.17, 15) is 9.59 Å². The summed E-state index contributed by atoms with van der Waals surface area (Å²) in [5.74, 6) is 1.40. The molecule has 22 heavy (non-hydrogen) atoms. The topological polar surface area (TPSA) is 55.5 Å². The van der Waals surface area contributed by atoms with Crippen molar-refractivity contribution >= 4 is 17.0 Å². The highest BCUT2D eigenvalue weighted by molar-refractivity contribution is 5.82. The fourth-order valence-corrected chi connectivity index (χ4v) is 4.03. The van der Waals surface area contributed by atoms with E-state index in [0.717, 1.165) is 5.52 Å². The molecule has 2 saturated carbocycles. The molecule has 2 aliphatic carbocycles. The van der Waals surface area contributed by atoms with Gasteiger partial charge in [0, 0.05) is 26.1 Å². The molecule has 0 aliphatic heterocycles. The van der Waals surface area contributed by atoms with Crippen LogP contribution in [0.4, 0.5) is 0 Å². The number of carbonyl (C=O) groups excluding carboxylic acids is 1. The van der Waals surface area contributed by atoms with Crippen LogP contribution >= 0.6 is 0 Å². The molecular weight excluding hydrogens is 280 g/mol. The number of fused-ring (bicyclic) bond motifs is 2. The van der Waals surface area contributed by atoms with E-state index < -0.39 is 0 Å². The first-order valence-electron chi connectivity index (χ1n) is 8.00. The number of para-hydroxylation sites is 2. The van der Waals surface area contributed by atoms with E-state index in [1.165, 1.54) is 19.3 Å². The SMILES string of the molecule is CN(CCn1c(=O)oc2ccccc21)C(=O)C1[C@H]2CCC[C@@H]12. The van der Waals surface area contributed by atoms with Crippen molar-refractivity contribution in [2.75, 3.05) is 13.6 Å². The summed E-state index contributed by atoms with van der Waals surface area (Å²) < 4.78 is 6.82. The summed E-state index contributed by atoms with van der Waals surface area (Å²) in [6.45, 7) is 1.01. The van der Waals surface area contributed by atoms with Gasteiger partial charge in [-0.2, -0.15) is 0 Å². The molecule has 2 aliphatic rings. The quantitative estimate of drug-likeness (QED) is 0.869. The minimum absolute atomic E-state index is 0.246. The van der Waals surface area contributed by atoms with Crippen molar-refractivity contribution in [2.24, 2.45) is 17.8 Å². The number of aromatic nitrogens is 1. The van der Waals surface area contributed by atoms with Gasteiger partial charge in [0.2, 0.25) is 5.91 Å². The van der Waals surface area contributed by atoms with Crippen molar-refractivity contribution in [1.82, 2.24) is 9.47 Å². The zero-order chi connectivity index (χ0) is 15.3. The molecule has 1 aromatic heterocycles. The minimum atomic E-state index is -0.356. The predicted octanol–water partition coefficient (Wildman–Crippen LogP) is 2.10. The molecule has 0 N–H and O–H groups in total. The fraction of sp³-hybridized carbons (Fsp3) is 0.529. The second-order valence-corrected chi connectivity index (χ2v) is 6.53. The Kier molecular flexibility index (Phi) is 3.10. The van der Waals surface area contributed by atoms with E-state index in [1.54, 1.807) is 15.5 Å². The van der Waals surface area contributed by atoms with Crippen LogP contribution in [-0.4, -0.2) is 29.0 Å². The molecule has 1 heterocycles. The molecule has 5 heteroatoms. The highest BCUT2D eigenvalue weighted by Crippen LogP contribution is 2.57. The third kappa shape index (κ3) is 2.07. The monoisotopic (exact) mass is 300 g/mol. The molecule has 0 bridgehead atoms. The van der Waals surface area contributed by atoms with Crippen LogP contribution in [0.5, 0.6) is 0 Å². The zero-order valence-corrected chi connectivity index (χ0v) is 12.7. The summed E-state index contributed by atoms with van der Waals surface area (Å²) in [6, 6.07) is 7.38. The summed E-state index contributed by atoms with van der Waals surface area (Å²) in [6.07, 6.45) is 3.70.